The number of rotatable bonds is 6. The van der Waals surface area contributed by atoms with E-state index in [-0.39, 0.29) is 5.91 Å². The molecule has 30 heavy (non-hydrogen) atoms. The molecule has 6 nitrogen and oxygen atoms in total. The van der Waals surface area contributed by atoms with Crippen molar-refractivity contribution >= 4 is 27.7 Å². The van der Waals surface area contributed by atoms with Crippen LogP contribution in [0.15, 0.2) is 71.3 Å². The lowest BCUT2D eigenvalue weighted by Crippen LogP contribution is -2.37. The Labute approximate surface area is 184 Å². The van der Waals surface area contributed by atoms with E-state index in [1.807, 2.05) is 48.5 Å². The summed E-state index contributed by atoms with van der Waals surface area (Å²) in [6.45, 7) is 3.33. The molecule has 154 valence electrons. The number of hydrogen-bond acceptors (Lipinski definition) is 5. The Balaban J connectivity index is 1.48. The summed E-state index contributed by atoms with van der Waals surface area (Å²) in [5.41, 5.74) is 1.45. The summed E-state index contributed by atoms with van der Waals surface area (Å²) in [5.74, 6) is 1.86. The molecule has 1 amide bonds. The van der Waals surface area contributed by atoms with E-state index in [9.17, 15) is 4.79 Å². The lowest BCUT2D eigenvalue weighted by Gasteiger charge is -2.29. The van der Waals surface area contributed by atoms with Gasteiger partial charge in [0.15, 0.2) is 0 Å². The second kappa shape index (κ2) is 9.73. The van der Waals surface area contributed by atoms with Crippen LogP contribution in [0.5, 0.6) is 11.5 Å². The van der Waals surface area contributed by atoms with E-state index in [0.29, 0.717) is 36.8 Å². The van der Waals surface area contributed by atoms with Gasteiger partial charge in [-0.05, 0) is 36.4 Å². The number of pyridine rings is 1. The minimum Gasteiger partial charge on any atom is -0.456 e. The average molecular weight is 468 g/mol. The number of halogens is 1. The Bertz CT molecular complexity index is 1020. The fourth-order valence-corrected chi connectivity index (χ4v) is 3.68. The molecule has 0 spiro atoms. The van der Waals surface area contributed by atoms with E-state index in [1.165, 1.54) is 0 Å². The fourth-order valence-electron chi connectivity index (χ4n) is 3.30. The number of carbonyl (C=O) groups excluding carboxylic acids is 1. The normalized spacial score (nSPS) is 13.7. The lowest BCUT2D eigenvalue weighted by molar-refractivity contribution is 0.0948. The third-order valence-corrected chi connectivity index (χ3v) is 5.27. The molecule has 0 bridgehead atoms. The van der Waals surface area contributed by atoms with Crippen LogP contribution in [-0.4, -0.2) is 37.2 Å². The predicted molar refractivity (Wildman–Crippen MR) is 119 cm³/mol. The van der Waals surface area contributed by atoms with Crippen LogP contribution in [0.25, 0.3) is 0 Å². The van der Waals surface area contributed by atoms with Crippen LogP contribution in [0.1, 0.15) is 15.9 Å². The van der Waals surface area contributed by atoms with Gasteiger partial charge in [0.1, 0.15) is 17.3 Å². The first-order chi connectivity index (χ1) is 14.7. The number of anilines is 1. The molecule has 2 heterocycles. The van der Waals surface area contributed by atoms with Crippen molar-refractivity contribution in [2.45, 2.75) is 6.54 Å². The van der Waals surface area contributed by atoms with Crippen LogP contribution in [-0.2, 0) is 11.3 Å². The maximum Gasteiger partial charge on any atom is 0.255 e. The monoisotopic (exact) mass is 467 g/mol. The fraction of sp³-hybridized carbons (Fsp3) is 0.217. The molecule has 1 N–H and O–H groups in total. The van der Waals surface area contributed by atoms with Gasteiger partial charge in [0.2, 0.25) is 0 Å². The third-order valence-electron chi connectivity index (χ3n) is 4.77. The zero-order valence-corrected chi connectivity index (χ0v) is 18.0. The largest absolute Gasteiger partial charge is 0.456 e. The standard InChI is InChI=1S/C23H22BrN3O3/c24-18-6-3-7-19(15-18)30-21-9-2-1-8-20(21)23(28)26-16-17-5-4-10-25-22(17)27-11-13-29-14-12-27/h1-10,15H,11-14,16H2,(H,26,28). The van der Waals surface area contributed by atoms with Crippen LogP contribution in [0.4, 0.5) is 5.82 Å². The molecule has 1 aromatic heterocycles. The van der Waals surface area contributed by atoms with E-state index >= 15 is 0 Å². The zero-order chi connectivity index (χ0) is 20.8. The molecule has 0 saturated carbocycles. The average Bonchev–Trinajstić information content (AvgIpc) is 2.79. The molecular formula is C23H22BrN3O3. The summed E-state index contributed by atoms with van der Waals surface area (Å²) in [7, 11) is 0. The summed E-state index contributed by atoms with van der Waals surface area (Å²) in [5, 5.41) is 3.01. The number of benzene rings is 2. The number of ether oxygens (including phenoxy) is 2. The van der Waals surface area contributed by atoms with E-state index in [4.69, 9.17) is 9.47 Å². The van der Waals surface area contributed by atoms with Crippen LogP contribution in [0, 0.1) is 0 Å². The number of amides is 1. The number of carbonyl (C=O) groups is 1. The number of morpholine rings is 1. The first-order valence-electron chi connectivity index (χ1n) is 9.78. The number of nitrogens with zero attached hydrogens (tertiary/aromatic N) is 2. The minimum atomic E-state index is -0.197. The lowest BCUT2D eigenvalue weighted by atomic mass is 10.1. The van der Waals surface area contributed by atoms with Gasteiger partial charge in [-0.25, -0.2) is 4.98 Å². The number of para-hydroxylation sites is 1. The molecule has 1 fully saturated rings. The summed E-state index contributed by atoms with van der Waals surface area (Å²) in [6, 6.07) is 18.6. The zero-order valence-electron chi connectivity index (χ0n) is 16.4. The van der Waals surface area contributed by atoms with Crippen molar-refractivity contribution in [3.63, 3.8) is 0 Å². The van der Waals surface area contributed by atoms with Gasteiger partial charge in [-0.15, -0.1) is 0 Å². The van der Waals surface area contributed by atoms with Crippen molar-refractivity contribution < 1.29 is 14.3 Å². The highest BCUT2D eigenvalue weighted by atomic mass is 79.9. The Hall–Kier alpha value is -2.90. The molecule has 7 heteroatoms. The van der Waals surface area contributed by atoms with Gasteiger partial charge < -0.3 is 19.7 Å². The van der Waals surface area contributed by atoms with Gasteiger partial charge in [-0.2, -0.15) is 0 Å². The van der Waals surface area contributed by atoms with Crippen molar-refractivity contribution in [1.29, 1.82) is 0 Å². The Kier molecular flexibility index (Phi) is 6.61. The third kappa shape index (κ3) is 4.98. The van der Waals surface area contributed by atoms with E-state index in [2.05, 4.69) is 31.1 Å². The quantitative estimate of drug-likeness (QED) is 0.581. The summed E-state index contributed by atoms with van der Waals surface area (Å²) < 4.78 is 12.3. The molecule has 1 saturated heterocycles. The van der Waals surface area contributed by atoms with Crippen LogP contribution in [0.3, 0.4) is 0 Å². The molecule has 0 aliphatic carbocycles. The second-order valence-electron chi connectivity index (χ2n) is 6.82. The number of hydrogen-bond donors (Lipinski definition) is 1. The molecular weight excluding hydrogens is 446 g/mol. The first-order valence-corrected chi connectivity index (χ1v) is 10.6. The Morgan fingerprint density at radius 3 is 2.77 bits per heavy atom. The highest BCUT2D eigenvalue weighted by Gasteiger charge is 2.17. The smallest absolute Gasteiger partial charge is 0.255 e. The van der Waals surface area contributed by atoms with Crippen molar-refractivity contribution in [3.05, 3.63) is 82.5 Å². The maximum atomic E-state index is 12.9. The molecule has 3 aromatic rings. The topological polar surface area (TPSA) is 63.7 Å². The van der Waals surface area contributed by atoms with Crippen LogP contribution >= 0.6 is 15.9 Å². The van der Waals surface area contributed by atoms with Crippen molar-refractivity contribution in [2.24, 2.45) is 0 Å². The van der Waals surface area contributed by atoms with Crippen LogP contribution in [0.2, 0.25) is 0 Å². The van der Waals surface area contributed by atoms with Gasteiger partial charge in [0, 0.05) is 35.9 Å². The molecule has 0 unspecified atom stereocenters. The summed E-state index contributed by atoms with van der Waals surface area (Å²) in [6.07, 6.45) is 1.78. The van der Waals surface area contributed by atoms with E-state index in [0.717, 1.165) is 28.9 Å². The van der Waals surface area contributed by atoms with E-state index < -0.39 is 0 Å². The molecule has 1 aliphatic rings. The molecule has 0 radical (unpaired) electrons. The van der Waals surface area contributed by atoms with E-state index in [1.54, 1.807) is 18.3 Å². The Morgan fingerprint density at radius 1 is 1.10 bits per heavy atom. The van der Waals surface area contributed by atoms with Gasteiger partial charge in [-0.1, -0.05) is 40.2 Å². The van der Waals surface area contributed by atoms with Crippen molar-refractivity contribution in [3.8, 4) is 11.5 Å². The minimum absolute atomic E-state index is 0.197. The highest BCUT2D eigenvalue weighted by molar-refractivity contribution is 9.10. The van der Waals surface area contributed by atoms with Gasteiger partial charge >= 0.3 is 0 Å². The van der Waals surface area contributed by atoms with Crippen molar-refractivity contribution in [1.82, 2.24) is 10.3 Å². The van der Waals surface area contributed by atoms with Gasteiger partial charge in [0.25, 0.3) is 5.91 Å². The first kappa shape index (κ1) is 20.4. The molecule has 0 atom stereocenters. The molecule has 1 aliphatic heterocycles. The number of nitrogens with one attached hydrogen (secondary N) is 1. The SMILES string of the molecule is O=C(NCc1cccnc1N1CCOCC1)c1ccccc1Oc1cccc(Br)c1. The Morgan fingerprint density at radius 2 is 1.93 bits per heavy atom. The highest BCUT2D eigenvalue weighted by Crippen LogP contribution is 2.27. The number of aromatic nitrogens is 1. The summed E-state index contributed by atoms with van der Waals surface area (Å²) >= 11 is 3.44. The van der Waals surface area contributed by atoms with Gasteiger partial charge in [-0.3, -0.25) is 4.79 Å². The molecule has 2 aromatic carbocycles. The summed E-state index contributed by atoms with van der Waals surface area (Å²) in [4.78, 5) is 19.6. The second-order valence-corrected chi connectivity index (χ2v) is 7.74. The predicted octanol–water partition coefficient (Wildman–Crippen LogP) is 4.40. The molecule has 4 rings (SSSR count). The van der Waals surface area contributed by atoms with Crippen molar-refractivity contribution in [2.75, 3.05) is 31.2 Å². The van der Waals surface area contributed by atoms with Crippen LogP contribution < -0.4 is 15.0 Å². The maximum absolute atomic E-state index is 12.9. The van der Waals surface area contributed by atoms with Gasteiger partial charge in [0.05, 0.1) is 18.8 Å².